The molecule has 1 atom stereocenters. The lowest BCUT2D eigenvalue weighted by atomic mass is 9.99. The van der Waals surface area contributed by atoms with Gasteiger partial charge in [0.25, 0.3) is 5.56 Å². The number of allylic oxidation sites excluding steroid dienone is 1. The molecule has 2 aromatic heterocycles. The van der Waals surface area contributed by atoms with Crippen molar-refractivity contribution < 1.29 is 28.9 Å². The Hall–Kier alpha value is -4.48. The molecule has 0 unspecified atom stereocenters. The van der Waals surface area contributed by atoms with Crippen LogP contribution in [0.5, 0.6) is 11.5 Å². The summed E-state index contributed by atoms with van der Waals surface area (Å²) in [5, 5.41) is 11.2. The molecule has 1 N–H and O–H groups in total. The molecule has 3 heterocycles. The summed E-state index contributed by atoms with van der Waals surface area (Å²) in [5.41, 5.74) is 2.40. The zero-order valence-corrected chi connectivity index (χ0v) is 25.5. The van der Waals surface area contributed by atoms with Crippen LogP contribution in [0.25, 0.3) is 6.08 Å². The number of carboxylic acid groups (broad SMARTS) is 1. The lowest BCUT2D eigenvalue weighted by molar-refractivity contribution is -0.139. The van der Waals surface area contributed by atoms with Crippen LogP contribution < -0.4 is 24.4 Å². The van der Waals surface area contributed by atoms with Crippen molar-refractivity contribution in [1.29, 1.82) is 0 Å². The number of methoxy groups -OCH3 is 1. The summed E-state index contributed by atoms with van der Waals surface area (Å²) in [6.07, 6.45) is 3.14. The normalized spacial score (nSPS) is 14.7. The molecule has 222 valence electrons. The largest absolute Gasteiger partial charge is 0.493 e. The van der Waals surface area contributed by atoms with Gasteiger partial charge in [-0.1, -0.05) is 48.9 Å². The van der Waals surface area contributed by atoms with Crippen LogP contribution in [0, 0.1) is 0 Å². The van der Waals surface area contributed by atoms with Gasteiger partial charge in [0.1, 0.15) is 12.6 Å². The van der Waals surface area contributed by atoms with Gasteiger partial charge in [-0.3, -0.25) is 9.36 Å². The fourth-order valence-corrected chi connectivity index (χ4v) is 6.68. The number of benzene rings is 2. The molecule has 0 radical (unpaired) electrons. The van der Waals surface area contributed by atoms with E-state index in [-0.39, 0.29) is 24.3 Å². The van der Waals surface area contributed by atoms with Crippen molar-refractivity contribution in [2.24, 2.45) is 4.99 Å². The van der Waals surface area contributed by atoms with Gasteiger partial charge >= 0.3 is 11.9 Å². The Morgan fingerprint density at radius 3 is 2.63 bits per heavy atom. The van der Waals surface area contributed by atoms with Crippen molar-refractivity contribution in [2.75, 3.05) is 13.7 Å². The Morgan fingerprint density at radius 1 is 1.09 bits per heavy atom. The number of esters is 1. The molecule has 43 heavy (non-hydrogen) atoms. The molecule has 0 amide bonds. The van der Waals surface area contributed by atoms with Crippen molar-refractivity contribution in [3.8, 4) is 11.5 Å². The molecule has 4 aromatic rings. The van der Waals surface area contributed by atoms with Crippen molar-refractivity contribution in [3.63, 3.8) is 0 Å². The average molecular weight is 619 g/mol. The molecule has 5 rings (SSSR count). The highest BCUT2D eigenvalue weighted by Crippen LogP contribution is 2.35. The molecular weight excluding hydrogens is 588 g/mol. The van der Waals surface area contributed by atoms with Crippen LogP contribution in [0.3, 0.4) is 0 Å². The van der Waals surface area contributed by atoms with Crippen LogP contribution in [0.4, 0.5) is 0 Å². The number of nitrogens with zero attached hydrogens (tertiary/aromatic N) is 2. The monoisotopic (exact) mass is 618 g/mol. The van der Waals surface area contributed by atoms with Crippen molar-refractivity contribution in [2.45, 2.75) is 39.3 Å². The van der Waals surface area contributed by atoms with Crippen LogP contribution in [0.1, 0.15) is 59.1 Å². The van der Waals surface area contributed by atoms with E-state index in [0.717, 1.165) is 11.3 Å². The van der Waals surface area contributed by atoms with E-state index in [1.54, 1.807) is 47.9 Å². The first kappa shape index (κ1) is 30.0. The van der Waals surface area contributed by atoms with E-state index in [1.807, 2.05) is 30.5 Å². The number of aromatic nitrogens is 1. The molecular formula is C32H30N2O7S2. The summed E-state index contributed by atoms with van der Waals surface area (Å²) in [6.45, 7) is 4.16. The molecule has 0 saturated carbocycles. The molecule has 9 nitrogen and oxygen atoms in total. The van der Waals surface area contributed by atoms with E-state index in [4.69, 9.17) is 19.2 Å². The first-order valence-corrected chi connectivity index (χ1v) is 15.4. The van der Waals surface area contributed by atoms with Gasteiger partial charge in [0.15, 0.2) is 16.3 Å². The quantitative estimate of drug-likeness (QED) is 0.237. The maximum Gasteiger partial charge on any atom is 0.338 e. The topological polar surface area (TPSA) is 116 Å². The SMILES string of the molecule is CCCC1=C(C(=O)OCC)[C@@H](c2cccs2)n2c(s/c(=C\c3ccc(OCc4cccc(C(=O)O)c4)c(OC)c3)c2=O)=N1. The number of hydrogen-bond donors (Lipinski definition) is 1. The summed E-state index contributed by atoms with van der Waals surface area (Å²) in [4.78, 5) is 44.5. The number of fused-ring (bicyclic) bond motifs is 1. The molecule has 0 spiro atoms. The summed E-state index contributed by atoms with van der Waals surface area (Å²) < 4.78 is 19.0. The number of carboxylic acids is 1. The number of carbonyl (C=O) groups excluding carboxylic acids is 1. The van der Waals surface area contributed by atoms with Gasteiger partial charge in [-0.15, -0.1) is 11.3 Å². The van der Waals surface area contributed by atoms with Crippen LogP contribution in [-0.2, 0) is 16.1 Å². The fraction of sp³-hybridized carbons (Fsp3) is 0.250. The highest BCUT2D eigenvalue weighted by Gasteiger charge is 2.34. The van der Waals surface area contributed by atoms with Gasteiger partial charge in [-0.25, -0.2) is 14.6 Å². The smallest absolute Gasteiger partial charge is 0.338 e. The summed E-state index contributed by atoms with van der Waals surface area (Å²) in [5.74, 6) is -0.531. The van der Waals surface area contributed by atoms with E-state index >= 15 is 0 Å². The predicted octanol–water partition coefficient (Wildman–Crippen LogP) is 4.93. The second kappa shape index (κ2) is 13.2. The van der Waals surface area contributed by atoms with Crippen molar-refractivity contribution in [3.05, 3.63) is 113 Å². The number of carbonyl (C=O) groups is 2. The van der Waals surface area contributed by atoms with Crippen molar-refractivity contribution >= 4 is 40.7 Å². The zero-order valence-electron chi connectivity index (χ0n) is 23.9. The van der Waals surface area contributed by atoms with Gasteiger partial charge in [-0.2, -0.15) is 0 Å². The Balaban J connectivity index is 1.52. The van der Waals surface area contributed by atoms with Gasteiger partial charge in [0, 0.05) is 4.88 Å². The number of rotatable bonds is 11. The summed E-state index contributed by atoms with van der Waals surface area (Å²) in [6, 6.07) is 15.1. The average Bonchev–Trinajstić information content (AvgIpc) is 3.64. The standard InChI is InChI=1S/C32H30N2O7S2/c1-4-8-22-27(31(38)40-5-2)28(25-11-7-14-42-25)34-29(35)26(43-32(34)33-22)17-19-12-13-23(24(16-19)39-3)41-18-20-9-6-10-21(15-20)30(36)37/h6-7,9-17,28H,4-5,8,18H2,1-3H3,(H,36,37)/b26-17-/t28-/m1/s1. The fourth-order valence-electron chi connectivity index (χ4n) is 4.84. The maximum atomic E-state index is 13.9. The minimum Gasteiger partial charge on any atom is -0.493 e. The van der Waals surface area contributed by atoms with Gasteiger partial charge in [0.05, 0.1) is 35.1 Å². The van der Waals surface area contributed by atoms with E-state index < -0.39 is 18.0 Å². The van der Waals surface area contributed by atoms with E-state index in [9.17, 15) is 19.5 Å². The molecule has 1 aliphatic heterocycles. The minimum absolute atomic E-state index is 0.154. The lowest BCUT2D eigenvalue weighted by Gasteiger charge is -2.24. The highest BCUT2D eigenvalue weighted by atomic mass is 32.1. The zero-order chi connectivity index (χ0) is 30.5. The molecule has 2 aromatic carbocycles. The van der Waals surface area contributed by atoms with E-state index in [2.05, 4.69) is 0 Å². The molecule has 0 bridgehead atoms. The number of ether oxygens (including phenoxy) is 3. The Labute approximate surface area is 255 Å². The first-order chi connectivity index (χ1) is 20.8. The summed E-state index contributed by atoms with van der Waals surface area (Å²) >= 11 is 2.75. The molecule has 0 saturated heterocycles. The second-order valence-corrected chi connectivity index (χ2v) is 11.6. The molecule has 0 fully saturated rings. The Morgan fingerprint density at radius 2 is 1.93 bits per heavy atom. The summed E-state index contributed by atoms with van der Waals surface area (Å²) in [7, 11) is 1.53. The van der Waals surface area contributed by atoms with Gasteiger partial charge in [-0.05, 0) is 66.3 Å². The molecule has 1 aliphatic rings. The third kappa shape index (κ3) is 6.32. The van der Waals surface area contributed by atoms with Crippen molar-refractivity contribution in [1.82, 2.24) is 4.57 Å². The predicted molar refractivity (Wildman–Crippen MR) is 165 cm³/mol. The Bertz CT molecular complexity index is 1870. The number of thiophene rings is 1. The lowest BCUT2D eigenvalue weighted by Crippen LogP contribution is -2.39. The number of hydrogen-bond acceptors (Lipinski definition) is 9. The van der Waals surface area contributed by atoms with Crippen LogP contribution in [0.15, 0.2) is 81.0 Å². The molecule has 11 heteroatoms. The van der Waals surface area contributed by atoms with Gasteiger partial charge < -0.3 is 19.3 Å². The minimum atomic E-state index is -1.01. The molecule has 0 aliphatic carbocycles. The second-order valence-electron chi connectivity index (χ2n) is 9.63. The third-order valence-electron chi connectivity index (χ3n) is 6.76. The third-order valence-corrected chi connectivity index (χ3v) is 8.67. The van der Waals surface area contributed by atoms with E-state index in [0.29, 0.717) is 49.7 Å². The highest BCUT2D eigenvalue weighted by molar-refractivity contribution is 7.10. The van der Waals surface area contributed by atoms with Crippen LogP contribution in [-0.4, -0.2) is 35.3 Å². The van der Waals surface area contributed by atoms with Gasteiger partial charge in [0.2, 0.25) is 0 Å². The van der Waals surface area contributed by atoms with E-state index in [1.165, 1.54) is 35.8 Å². The number of thiazole rings is 1. The number of aromatic carboxylic acids is 1. The Kier molecular flexibility index (Phi) is 9.22. The van der Waals surface area contributed by atoms with Crippen LogP contribution in [0.2, 0.25) is 0 Å². The van der Waals surface area contributed by atoms with Crippen LogP contribution >= 0.6 is 22.7 Å². The maximum absolute atomic E-state index is 13.9. The first-order valence-electron chi connectivity index (χ1n) is 13.7.